The number of ether oxygens (including phenoxy) is 2. The summed E-state index contributed by atoms with van der Waals surface area (Å²) < 4.78 is 11.5. The molecule has 4 bridgehead atoms. The maximum absolute atomic E-state index is 12.3. The second-order valence-electron chi connectivity index (χ2n) is 11.9. The van der Waals surface area contributed by atoms with Crippen molar-refractivity contribution in [3.05, 3.63) is 29.6 Å². The summed E-state index contributed by atoms with van der Waals surface area (Å²) in [6.07, 6.45) is -0.260. The topological polar surface area (TPSA) is 125 Å². The third-order valence-electron chi connectivity index (χ3n) is 10.4. The summed E-state index contributed by atoms with van der Waals surface area (Å²) in [4.78, 5) is 9.90. The van der Waals surface area contributed by atoms with E-state index in [1.165, 1.54) is 0 Å². The van der Waals surface area contributed by atoms with Crippen LogP contribution in [0.5, 0.6) is 5.75 Å². The maximum Gasteiger partial charge on any atom is 0.206 e. The predicted molar refractivity (Wildman–Crippen MR) is 121 cm³/mol. The lowest BCUT2D eigenvalue weighted by atomic mass is 9.35. The van der Waals surface area contributed by atoms with Gasteiger partial charge in [-0.1, -0.05) is 13.8 Å². The molecule has 3 heterocycles. The molecule has 2 saturated heterocycles. The van der Waals surface area contributed by atoms with Crippen molar-refractivity contribution in [3.8, 4) is 5.75 Å². The number of hydrogen-bond acceptors (Lipinski definition) is 8. The number of aliphatic hydroxyl groups excluding tert-OH is 3. The van der Waals surface area contributed by atoms with E-state index < -0.39 is 34.9 Å². The molecule has 182 valence electrons. The van der Waals surface area contributed by atoms with Gasteiger partial charge < -0.3 is 29.9 Å². The number of fused-ring (bicyclic) bond motifs is 5. The molecule has 2 spiro atoms. The van der Waals surface area contributed by atoms with Crippen molar-refractivity contribution in [1.82, 2.24) is 9.97 Å². The molecule has 3 saturated carbocycles. The van der Waals surface area contributed by atoms with Crippen LogP contribution in [0.25, 0.3) is 11.0 Å². The normalized spacial score (nSPS) is 47.7. The van der Waals surface area contributed by atoms with Gasteiger partial charge in [-0.3, -0.25) is 0 Å². The molecule has 5 fully saturated rings. The van der Waals surface area contributed by atoms with Gasteiger partial charge in [-0.15, -0.1) is 0 Å². The molecule has 4 aliphatic carbocycles. The monoisotopic (exact) mass is 468 g/mol. The number of benzene rings is 1. The first-order valence-corrected chi connectivity index (χ1v) is 12.4. The molecule has 2 aromatic rings. The Kier molecular flexibility index (Phi) is 3.96. The molecule has 3 unspecified atom stereocenters. The second-order valence-corrected chi connectivity index (χ2v) is 11.9. The number of methoxy groups -OCH3 is 1. The van der Waals surface area contributed by atoms with E-state index in [-0.39, 0.29) is 29.8 Å². The quantitative estimate of drug-likeness (QED) is 0.498. The fourth-order valence-corrected chi connectivity index (χ4v) is 9.14. The highest BCUT2D eigenvalue weighted by Gasteiger charge is 2.85. The van der Waals surface area contributed by atoms with Gasteiger partial charge in [0.25, 0.3) is 0 Å². The Morgan fingerprint density at radius 2 is 1.82 bits per heavy atom. The molecule has 4 N–H and O–H groups in total. The third kappa shape index (κ3) is 2.04. The Hall–Kier alpha value is -1.84. The van der Waals surface area contributed by atoms with Crippen molar-refractivity contribution < 1.29 is 29.9 Å². The lowest BCUT2D eigenvalue weighted by molar-refractivity contribution is -0.449. The molecule has 2 aliphatic heterocycles. The van der Waals surface area contributed by atoms with Crippen molar-refractivity contribution in [3.63, 3.8) is 0 Å². The van der Waals surface area contributed by atoms with E-state index in [1.54, 1.807) is 7.11 Å². The lowest BCUT2D eigenvalue weighted by Gasteiger charge is -2.75. The van der Waals surface area contributed by atoms with Gasteiger partial charge in [0.15, 0.2) is 0 Å². The van der Waals surface area contributed by atoms with Gasteiger partial charge in [0.05, 0.1) is 48.3 Å². The van der Waals surface area contributed by atoms with Crippen LogP contribution in [-0.4, -0.2) is 68.2 Å². The molecule has 0 amide bonds. The molecule has 8 nitrogen and oxygen atoms in total. The molecule has 6 aliphatic rings. The van der Waals surface area contributed by atoms with Crippen LogP contribution in [0.1, 0.15) is 56.8 Å². The summed E-state index contributed by atoms with van der Waals surface area (Å²) in [6.45, 7) is 4.38. The Morgan fingerprint density at radius 1 is 1.03 bits per heavy atom. The molecule has 1 aromatic heterocycles. The molecular weight excluding hydrogens is 436 g/mol. The minimum Gasteiger partial charge on any atom is -0.497 e. The van der Waals surface area contributed by atoms with Crippen molar-refractivity contribution in [2.24, 2.45) is 22.7 Å². The van der Waals surface area contributed by atoms with Gasteiger partial charge in [0.2, 0.25) is 5.79 Å². The highest BCUT2D eigenvalue weighted by molar-refractivity contribution is 5.77. The number of aliphatic hydroxyl groups is 4. The van der Waals surface area contributed by atoms with E-state index in [9.17, 15) is 20.4 Å². The van der Waals surface area contributed by atoms with E-state index in [4.69, 9.17) is 19.4 Å². The summed E-state index contributed by atoms with van der Waals surface area (Å²) in [6, 6.07) is 5.46. The predicted octanol–water partition coefficient (Wildman–Crippen LogP) is 1.62. The van der Waals surface area contributed by atoms with Gasteiger partial charge in [0.1, 0.15) is 17.3 Å². The van der Waals surface area contributed by atoms with Crippen molar-refractivity contribution in [1.29, 1.82) is 0 Å². The molecular formula is C26H32N2O6. The number of hydrogen-bond donors (Lipinski definition) is 4. The minimum atomic E-state index is -2.02. The van der Waals surface area contributed by atoms with Crippen LogP contribution in [0.2, 0.25) is 0 Å². The summed E-state index contributed by atoms with van der Waals surface area (Å²) in [7, 11) is 1.60. The largest absolute Gasteiger partial charge is 0.497 e. The maximum atomic E-state index is 12.3. The number of aromatic nitrogens is 2. The summed E-state index contributed by atoms with van der Waals surface area (Å²) in [5, 5.41) is 47.5. The highest BCUT2D eigenvalue weighted by atomic mass is 16.6. The Bertz CT molecular complexity index is 1220. The molecule has 8 heteroatoms. The molecule has 1 aromatic carbocycles. The van der Waals surface area contributed by atoms with Crippen LogP contribution >= 0.6 is 0 Å². The first-order valence-electron chi connectivity index (χ1n) is 12.4. The van der Waals surface area contributed by atoms with Gasteiger partial charge in [-0.05, 0) is 49.1 Å². The van der Waals surface area contributed by atoms with E-state index in [0.29, 0.717) is 47.4 Å². The van der Waals surface area contributed by atoms with Crippen LogP contribution in [0.4, 0.5) is 0 Å². The smallest absolute Gasteiger partial charge is 0.206 e. The standard InChI is InChI=1S/C26H32N2O6/c1-23(2)9-8-17(29)24-11-34-26(32,22(31)19(23)24)25-16(24)7-5-13(21(25)30)18-20(25)28-14-6-4-12(33-3)10-15(14)27-18/h4,6,10,13,16-17,19,21-22,29-32H,5,7-9,11H2,1-3H3/t13-,16?,17-,19?,21+,22-,24+,25?,26-/m0/s1. The lowest BCUT2D eigenvalue weighted by Crippen LogP contribution is -2.86. The van der Waals surface area contributed by atoms with Crippen molar-refractivity contribution in [2.75, 3.05) is 13.7 Å². The van der Waals surface area contributed by atoms with E-state index >= 15 is 0 Å². The molecule has 8 rings (SSSR count). The highest BCUT2D eigenvalue weighted by Crippen LogP contribution is 2.76. The zero-order chi connectivity index (χ0) is 23.8. The second kappa shape index (κ2) is 6.28. The van der Waals surface area contributed by atoms with Gasteiger partial charge in [0, 0.05) is 23.3 Å². The zero-order valence-corrected chi connectivity index (χ0v) is 19.7. The van der Waals surface area contributed by atoms with Crippen molar-refractivity contribution in [2.45, 2.75) is 75.0 Å². The Balaban J connectivity index is 1.53. The summed E-state index contributed by atoms with van der Waals surface area (Å²) in [5.41, 5.74) is 0.0304. The zero-order valence-electron chi connectivity index (χ0n) is 19.7. The van der Waals surface area contributed by atoms with E-state index in [1.807, 2.05) is 18.2 Å². The number of rotatable bonds is 1. The Labute approximate surface area is 197 Å². The average Bonchev–Trinajstić information content (AvgIpc) is 2.94. The van der Waals surface area contributed by atoms with Gasteiger partial charge in [-0.25, -0.2) is 9.97 Å². The van der Waals surface area contributed by atoms with Gasteiger partial charge >= 0.3 is 0 Å². The van der Waals surface area contributed by atoms with Crippen LogP contribution in [0.15, 0.2) is 18.2 Å². The minimum absolute atomic E-state index is 0.160. The Morgan fingerprint density at radius 3 is 2.59 bits per heavy atom. The summed E-state index contributed by atoms with van der Waals surface area (Å²) >= 11 is 0. The first kappa shape index (κ1) is 21.4. The van der Waals surface area contributed by atoms with Crippen LogP contribution < -0.4 is 4.74 Å². The first-order chi connectivity index (χ1) is 16.1. The summed E-state index contributed by atoms with van der Waals surface area (Å²) in [5.74, 6) is -2.32. The number of nitrogens with zero attached hydrogens (tertiary/aromatic N) is 2. The van der Waals surface area contributed by atoms with E-state index in [0.717, 1.165) is 6.42 Å². The van der Waals surface area contributed by atoms with E-state index in [2.05, 4.69) is 13.8 Å². The molecule has 9 atom stereocenters. The molecule has 34 heavy (non-hydrogen) atoms. The fourth-order valence-electron chi connectivity index (χ4n) is 9.14. The van der Waals surface area contributed by atoms with Crippen LogP contribution in [0.3, 0.4) is 0 Å². The van der Waals surface area contributed by atoms with Gasteiger partial charge in [-0.2, -0.15) is 0 Å². The van der Waals surface area contributed by atoms with Crippen LogP contribution in [-0.2, 0) is 10.2 Å². The van der Waals surface area contributed by atoms with Crippen molar-refractivity contribution >= 4 is 11.0 Å². The molecule has 0 radical (unpaired) electrons. The average molecular weight is 469 g/mol. The SMILES string of the molecule is COc1ccc2nc3c(nc2c1)[C@@H]1CCC2C3([C@@H]1O)[C@@]1(O)OC[C@@]23C([C@@H]1O)C(C)(C)CC[C@@H]3O. The third-order valence-corrected chi connectivity index (χ3v) is 10.4. The van der Waals surface area contributed by atoms with Crippen LogP contribution in [0, 0.1) is 22.7 Å². The fraction of sp³-hybridized carbons (Fsp3) is 0.692.